The fraction of sp³-hybridized carbons (Fsp3) is 0.333. The zero-order valence-corrected chi connectivity index (χ0v) is 16.0. The average Bonchev–Trinajstić information content (AvgIpc) is 3.30. The summed E-state index contributed by atoms with van der Waals surface area (Å²) in [6, 6.07) is 7.84. The van der Waals surface area contributed by atoms with Crippen molar-refractivity contribution in [2.45, 2.75) is 38.8 Å². The topological polar surface area (TPSA) is 72.7 Å². The first-order valence-corrected chi connectivity index (χ1v) is 9.52. The third-order valence-corrected chi connectivity index (χ3v) is 5.28. The molecule has 0 radical (unpaired) electrons. The number of carbonyl (C=O) groups excluding carboxylic acids is 1. The quantitative estimate of drug-likeness (QED) is 0.629. The minimum Gasteiger partial charge on any atom is -0.296 e. The third-order valence-electron chi connectivity index (χ3n) is 4.28. The van der Waals surface area contributed by atoms with Crippen LogP contribution in [0.15, 0.2) is 36.5 Å². The summed E-state index contributed by atoms with van der Waals surface area (Å²) in [7, 11) is 0. The third kappa shape index (κ3) is 4.06. The molecule has 0 saturated heterocycles. The molecule has 10 heteroatoms. The van der Waals surface area contributed by atoms with Crippen molar-refractivity contribution in [2.24, 2.45) is 0 Å². The predicted molar refractivity (Wildman–Crippen MR) is 99.8 cm³/mol. The first-order valence-electron chi connectivity index (χ1n) is 8.70. The fourth-order valence-corrected chi connectivity index (χ4v) is 3.81. The Balaban J connectivity index is 1.91. The highest BCUT2D eigenvalue weighted by atomic mass is 32.1. The Hall–Kier alpha value is -2.75. The SMILES string of the molecule is CCC(CC)c1nnc(NC(=O)c2cnn(-c3ccccc3)c2C(F)(F)F)s1. The Labute approximate surface area is 163 Å². The van der Waals surface area contributed by atoms with E-state index in [1.165, 1.54) is 23.5 Å². The lowest BCUT2D eigenvalue weighted by Crippen LogP contribution is -2.20. The molecule has 1 N–H and O–H groups in total. The van der Waals surface area contributed by atoms with Crippen LogP contribution in [0.2, 0.25) is 0 Å². The van der Waals surface area contributed by atoms with Crippen molar-refractivity contribution in [3.8, 4) is 5.69 Å². The molecule has 0 aliphatic rings. The minimum atomic E-state index is -4.76. The van der Waals surface area contributed by atoms with E-state index in [9.17, 15) is 18.0 Å². The number of hydrogen-bond donors (Lipinski definition) is 1. The standard InChI is InChI=1S/C18H18F3N5OS/c1-3-11(4-2)16-24-25-17(28-16)23-15(27)13-10-22-26(14(13)18(19,20)21)12-8-6-5-7-9-12/h5-11H,3-4H2,1-2H3,(H,23,25,27). The highest BCUT2D eigenvalue weighted by Gasteiger charge is 2.40. The number of para-hydroxylation sites is 1. The summed E-state index contributed by atoms with van der Waals surface area (Å²) in [6.45, 7) is 4.03. The van der Waals surface area contributed by atoms with Gasteiger partial charge in [0.1, 0.15) is 5.01 Å². The Morgan fingerprint density at radius 3 is 2.46 bits per heavy atom. The molecule has 148 valence electrons. The van der Waals surface area contributed by atoms with Crippen LogP contribution in [0.3, 0.4) is 0 Å². The van der Waals surface area contributed by atoms with Gasteiger partial charge >= 0.3 is 6.18 Å². The van der Waals surface area contributed by atoms with Crippen LogP contribution in [0.1, 0.15) is 53.7 Å². The number of rotatable bonds is 6. The number of hydrogen-bond acceptors (Lipinski definition) is 5. The van der Waals surface area contributed by atoms with E-state index in [4.69, 9.17) is 0 Å². The van der Waals surface area contributed by atoms with Crippen LogP contribution in [0.25, 0.3) is 5.69 Å². The Morgan fingerprint density at radius 2 is 1.86 bits per heavy atom. The smallest absolute Gasteiger partial charge is 0.296 e. The lowest BCUT2D eigenvalue weighted by molar-refractivity contribution is -0.143. The van der Waals surface area contributed by atoms with Gasteiger partial charge in [-0.1, -0.05) is 43.4 Å². The van der Waals surface area contributed by atoms with E-state index in [2.05, 4.69) is 20.6 Å². The molecule has 0 fully saturated rings. The van der Waals surface area contributed by atoms with Crippen molar-refractivity contribution in [3.05, 3.63) is 52.8 Å². The fourth-order valence-electron chi connectivity index (χ4n) is 2.80. The van der Waals surface area contributed by atoms with Gasteiger partial charge in [-0.2, -0.15) is 18.3 Å². The van der Waals surface area contributed by atoms with Gasteiger partial charge in [0.05, 0.1) is 17.4 Å². The molecule has 0 bridgehead atoms. The van der Waals surface area contributed by atoms with Crippen LogP contribution in [0.4, 0.5) is 18.3 Å². The van der Waals surface area contributed by atoms with E-state index < -0.39 is 23.3 Å². The van der Waals surface area contributed by atoms with Crippen molar-refractivity contribution in [1.29, 1.82) is 0 Å². The molecule has 0 unspecified atom stereocenters. The largest absolute Gasteiger partial charge is 0.434 e. The summed E-state index contributed by atoms with van der Waals surface area (Å²) >= 11 is 1.17. The number of nitrogens with zero attached hydrogens (tertiary/aromatic N) is 4. The molecule has 3 rings (SSSR count). The Bertz CT molecular complexity index is 948. The summed E-state index contributed by atoms with van der Waals surface area (Å²) in [4.78, 5) is 12.5. The normalized spacial score (nSPS) is 11.8. The van der Waals surface area contributed by atoms with Gasteiger partial charge in [-0.05, 0) is 25.0 Å². The van der Waals surface area contributed by atoms with Crippen LogP contribution in [-0.4, -0.2) is 25.9 Å². The van der Waals surface area contributed by atoms with Gasteiger partial charge in [0.2, 0.25) is 5.13 Å². The van der Waals surface area contributed by atoms with Gasteiger partial charge in [-0.25, -0.2) is 4.68 Å². The summed E-state index contributed by atoms with van der Waals surface area (Å²) in [5.41, 5.74) is -1.50. The number of amides is 1. The van der Waals surface area contributed by atoms with Crippen molar-refractivity contribution in [3.63, 3.8) is 0 Å². The highest BCUT2D eigenvalue weighted by molar-refractivity contribution is 7.15. The first-order chi connectivity index (χ1) is 13.3. The summed E-state index contributed by atoms with van der Waals surface area (Å²) < 4.78 is 41.7. The number of nitrogens with one attached hydrogen (secondary N) is 1. The van der Waals surface area contributed by atoms with Crippen LogP contribution in [0.5, 0.6) is 0 Å². The van der Waals surface area contributed by atoms with Gasteiger partial charge in [0, 0.05) is 5.92 Å². The second kappa shape index (κ2) is 8.09. The number of alkyl halides is 3. The molecule has 1 amide bonds. The molecule has 6 nitrogen and oxygen atoms in total. The van der Waals surface area contributed by atoms with E-state index >= 15 is 0 Å². The van der Waals surface area contributed by atoms with Gasteiger partial charge in [-0.3, -0.25) is 10.1 Å². The highest BCUT2D eigenvalue weighted by Crippen LogP contribution is 2.34. The molecule has 0 aliphatic heterocycles. The van der Waals surface area contributed by atoms with E-state index in [1.807, 2.05) is 13.8 Å². The molecule has 1 aromatic carbocycles. The van der Waals surface area contributed by atoms with E-state index in [1.54, 1.807) is 18.2 Å². The van der Waals surface area contributed by atoms with Gasteiger partial charge in [0.15, 0.2) is 5.69 Å². The van der Waals surface area contributed by atoms with E-state index in [-0.39, 0.29) is 16.7 Å². The maximum atomic E-state index is 13.7. The van der Waals surface area contributed by atoms with Gasteiger partial charge < -0.3 is 0 Å². The van der Waals surface area contributed by atoms with Crippen LogP contribution >= 0.6 is 11.3 Å². The lowest BCUT2D eigenvalue weighted by Gasteiger charge is -2.12. The van der Waals surface area contributed by atoms with Crippen molar-refractivity contribution >= 4 is 22.4 Å². The molecule has 0 atom stereocenters. The maximum absolute atomic E-state index is 13.7. The van der Waals surface area contributed by atoms with Crippen LogP contribution < -0.4 is 5.32 Å². The molecule has 2 aromatic heterocycles. The Morgan fingerprint density at radius 1 is 1.18 bits per heavy atom. The van der Waals surface area contributed by atoms with Crippen molar-refractivity contribution in [2.75, 3.05) is 5.32 Å². The van der Waals surface area contributed by atoms with Crippen LogP contribution in [0, 0.1) is 0 Å². The second-order valence-corrected chi connectivity index (χ2v) is 7.07. The van der Waals surface area contributed by atoms with Crippen molar-refractivity contribution < 1.29 is 18.0 Å². The Kier molecular flexibility index (Phi) is 5.78. The molecule has 28 heavy (non-hydrogen) atoms. The molecular formula is C18H18F3N5OS. The molecule has 3 aromatic rings. The minimum absolute atomic E-state index is 0.160. The number of benzene rings is 1. The summed E-state index contributed by atoms with van der Waals surface area (Å²) in [6.07, 6.45) is -2.13. The average molecular weight is 409 g/mol. The number of anilines is 1. The zero-order chi connectivity index (χ0) is 20.3. The van der Waals surface area contributed by atoms with Crippen molar-refractivity contribution in [1.82, 2.24) is 20.0 Å². The lowest BCUT2D eigenvalue weighted by atomic mass is 10.1. The zero-order valence-electron chi connectivity index (χ0n) is 15.2. The number of carbonyl (C=O) groups is 1. The molecular weight excluding hydrogens is 391 g/mol. The van der Waals surface area contributed by atoms with E-state index in [0.717, 1.165) is 24.0 Å². The predicted octanol–water partition coefficient (Wildman–Crippen LogP) is 4.90. The molecule has 0 spiro atoms. The first kappa shape index (κ1) is 20.0. The summed E-state index contributed by atoms with van der Waals surface area (Å²) in [5, 5.41) is 15.0. The monoisotopic (exact) mass is 409 g/mol. The van der Waals surface area contributed by atoms with Gasteiger partial charge in [0.25, 0.3) is 5.91 Å². The molecule has 0 aliphatic carbocycles. The number of aromatic nitrogens is 4. The second-order valence-electron chi connectivity index (χ2n) is 6.06. The molecule has 0 saturated carbocycles. The van der Waals surface area contributed by atoms with E-state index in [0.29, 0.717) is 4.68 Å². The van der Waals surface area contributed by atoms with Crippen LogP contribution in [-0.2, 0) is 6.18 Å². The summed E-state index contributed by atoms with van der Waals surface area (Å²) in [5.74, 6) is -0.725. The number of halogens is 3. The van der Waals surface area contributed by atoms with Gasteiger partial charge in [-0.15, -0.1) is 10.2 Å². The molecule has 2 heterocycles. The maximum Gasteiger partial charge on any atom is 0.434 e.